The molecule has 1 aromatic heterocycles. The van der Waals surface area contributed by atoms with E-state index in [0.29, 0.717) is 11.7 Å². The molecular formula is C10H16N4. The Balaban J connectivity index is 2.20. The minimum absolute atomic E-state index is 0.234. The van der Waals surface area contributed by atoms with Gasteiger partial charge in [-0.2, -0.15) is 0 Å². The van der Waals surface area contributed by atoms with Crippen molar-refractivity contribution in [2.24, 2.45) is 5.73 Å². The summed E-state index contributed by atoms with van der Waals surface area (Å²) in [6.45, 7) is 0. The van der Waals surface area contributed by atoms with Gasteiger partial charge in [-0.05, 0) is 12.8 Å². The lowest BCUT2D eigenvalue weighted by molar-refractivity contribution is 0.379. The number of nitrogens with zero attached hydrogens (tertiary/aromatic N) is 2. The fourth-order valence-corrected chi connectivity index (χ4v) is 2.12. The summed E-state index contributed by atoms with van der Waals surface area (Å²) in [5.74, 6) is 0.904. The minimum Gasteiger partial charge on any atom is -0.384 e. The number of nitrogens with two attached hydrogens (primary N) is 2. The fraction of sp³-hybridized carbons (Fsp3) is 0.600. The van der Waals surface area contributed by atoms with Crippen LogP contribution in [0.2, 0.25) is 0 Å². The van der Waals surface area contributed by atoms with Gasteiger partial charge in [-0.25, -0.2) is 9.97 Å². The maximum absolute atomic E-state index is 6.06. The van der Waals surface area contributed by atoms with Gasteiger partial charge in [-0.1, -0.05) is 12.8 Å². The van der Waals surface area contributed by atoms with Crippen LogP contribution in [0.3, 0.4) is 0 Å². The standard InChI is InChI=1S/C10H16N4/c11-8-4-2-1-3-7(8)9-5-10(12)14-6-13-9/h5-8H,1-4,11H2,(H2,12,13,14). The molecule has 76 valence electrons. The molecule has 4 nitrogen and oxygen atoms in total. The summed E-state index contributed by atoms with van der Waals surface area (Å²) >= 11 is 0. The molecule has 0 saturated heterocycles. The van der Waals surface area contributed by atoms with Crippen LogP contribution in [0, 0.1) is 0 Å². The van der Waals surface area contributed by atoms with Crippen LogP contribution in [0.15, 0.2) is 12.4 Å². The molecule has 1 saturated carbocycles. The highest BCUT2D eigenvalue weighted by atomic mass is 14.9. The van der Waals surface area contributed by atoms with Gasteiger partial charge in [0.1, 0.15) is 12.1 Å². The molecule has 1 aliphatic rings. The summed E-state index contributed by atoms with van der Waals surface area (Å²) in [6.07, 6.45) is 6.21. The number of nitrogen functional groups attached to an aromatic ring is 1. The second-order valence-corrected chi connectivity index (χ2v) is 3.92. The Labute approximate surface area is 83.7 Å². The van der Waals surface area contributed by atoms with E-state index in [1.807, 2.05) is 6.07 Å². The average Bonchev–Trinajstić information content (AvgIpc) is 2.18. The zero-order valence-corrected chi connectivity index (χ0v) is 8.19. The second-order valence-electron chi connectivity index (χ2n) is 3.92. The Morgan fingerprint density at radius 3 is 2.71 bits per heavy atom. The van der Waals surface area contributed by atoms with E-state index in [4.69, 9.17) is 11.5 Å². The first-order valence-corrected chi connectivity index (χ1v) is 5.10. The van der Waals surface area contributed by atoms with Crippen LogP contribution in [0.1, 0.15) is 37.3 Å². The molecule has 4 N–H and O–H groups in total. The van der Waals surface area contributed by atoms with Crippen molar-refractivity contribution < 1.29 is 0 Å². The van der Waals surface area contributed by atoms with Crippen LogP contribution >= 0.6 is 0 Å². The number of aromatic nitrogens is 2. The Hall–Kier alpha value is -1.16. The number of hydrogen-bond acceptors (Lipinski definition) is 4. The summed E-state index contributed by atoms with van der Waals surface area (Å²) < 4.78 is 0. The van der Waals surface area contributed by atoms with Crippen molar-refractivity contribution in [2.75, 3.05) is 5.73 Å². The van der Waals surface area contributed by atoms with Crippen molar-refractivity contribution in [3.63, 3.8) is 0 Å². The van der Waals surface area contributed by atoms with Crippen molar-refractivity contribution in [3.8, 4) is 0 Å². The lowest BCUT2D eigenvalue weighted by Gasteiger charge is -2.27. The molecule has 2 atom stereocenters. The Bertz CT molecular complexity index is 313. The van der Waals surface area contributed by atoms with E-state index in [1.165, 1.54) is 19.2 Å². The third kappa shape index (κ3) is 1.85. The van der Waals surface area contributed by atoms with Crippen molar-refractivity contribution >= 4 is 5.82 Å². The van der Waals surface area contributed by atoms with Crippen molar-refractivity contribution in [1.82, 2.24) is 9.97 Å². The third-order valence-corrected chi connectivity index (χ3v) is 2.91. The minimum atomic E-state index is 0.234. The van der Waals surface area contributed by atoms with Crippen LogP contribution in [0.25, 0.3) is 0 Å². The molecule has 0 radical (unpaired) electrons. The van der Waals surface area contributed by atoms with Crippen LogP contribution in [-0.4, -0.2) is 16.0 Å². The second kappa shape index (κ2) is 3.92. The molecule has 1 aromatic rings. The molecule has 0 aliphatic heterocycles. The van der Waals surface area contributed by atoms with Gasteiger partial charge in [-0.15, -0.1) is 0 Å². The maximum Gasteiger partial charge on any atom is 0.127 e. The van der Waals surface area contributed by atoms with Crippen molar-refractivity contribution in [2.45, 2.75) is 37.6 Å². The van der Waals surface area contributed by atoms with E-state index < -0.39 is 0 Å². The third-order valence-electron chi connectivity index (χ3n) is 2.91. The monoisotopic (exact) mass is 192 g/mol. The van der Waals surface area contributed by atoms with E-state index in [2.05, 4.69) is 9.97 Å². The highest BCUT2D eigenvalue weighted by Gasteiger charge is 2.24. The summed E-state index contributed by atoms with van der Waals surface area (Å²) in [7, 11) is 0. The molecule has 2 unspecified atom stereocenters. The van der Waals surface area contributed by atoms with Gasteiger partial charge in [0.05, 0.1) is 5.69 Å². The highest BCUT2D eigenvalue weighted by Crippen LogP contribution is 2.30. The van der Waals surface area contributed by atoms with E-state index >= 15 is 0 Å². The van der Waals surface area contributed by atoms with Gasteiger partial charge in [0.2, 0.25) is 0 Å². The molecule has 0 spiro atoms. The Morgan fingerprint density at radius 2 is 2.00 bits per heavy atom. The Kier molecular flexibility index (Phi) is 2.63. The first-order valence-electron chi connectivity index (χ1n) is 5.10. The summed E-state index contributed by atoms with van der Waals surface area (Å²) in [5.41, 5.74) is 12.7. The summed E-state index contributed by atoms with van der Waals surface area (Å²) in [4.78, 5) is 8.13. The molecule has 1 heterocycles. The lowest BCUT2D eigenvalue weighted by Crippen LogP contribution is -2.31. The van der Waals surface area contributed by atoms with E-state index in [1.54, 1.807) is 0 Å². The van der Waals surface area contributed by atoms with E-state index in [9.17, 15) is 0 Å². The number of anilines is 1. The molecule has 14 heavy (non-hydrogen) atoms. The largest absolute Gasteiger partial charge is 0.384 e. The lowest BCUT2D eigenvalue weighted by atomic mass is 9.83. The zero-order chi connectivity index (χ0) is 9.97. The van der Waals surface area contributed by atoms with Gasteiger partial charge in [0.15, 0.2) is 0 Å². The van der Waals surface area contributed by atoms with Gasteiger partial charge < -0.3 is 11.5 Å². The van der Waals surface area contributed by atoms with Gasteiger partial charge in [0, 0.05) is 18.0 Å². The predicted octanol–water partition coefficient (Wildman–Crippen LogP) is 1.04. The first kappa shape index (κ1) is 9.40. The van der Waals surface area contributed by atoms with Crippen LogP contribution < -0.4 is 11.5 Å². The molecular weight excluding hydrogens is 176 g/mol. The average molecular weight is 192 g/mol. The first-order chi connectivity index (χ1) is 6.77. The Morgan fingerprint density at radius 1 is 1.21 bits per heavy atom. The number of hydrogen-bond donors (Lipinski definition) is 2. The molecule has 0 aromatic carbocycles. The van der Waals surface area contributed by atoms with E-state index in [0.717, 1.165) is 18.5 Å². The molecule has 1 fully saturated rings. The smallest absolute Gasteiger partial charge is 0.127 e. The highest BCUT2D eigenvalue weighted by molar-refractivity contribution is 5.30. The molecule has 4 heteroatoms. The molecule has 0 amide bonds. The predicted molar refractivity (Wildman–Crippen MR) is 55.6 cm³/mol. The van der Waals surface area contributed by atoms with Gasteiger partial charge in [-0.3, -0.25) is 0 Å². The van der Waals surface area contributed by atoms with Crippen LogP contribution in [-0.2, 0) is 0 Å². The number of rotatable bonds is 1. The normalized spacial score (nSPS) is 27.5. The fourth-order valence-electron chi connectivity index (χ4n) is 2.12. The summed E-state index contributed by atoms with van der Waals surface area (Å²) in [5, 5.41) is 0. The van der Waals surface area contributed by atoms with E-state index in [-0.39, 0.29) is 6.04 Å². The maximum atomic E-state index is 6.06. The van der Waals surface area contributed by atoms with Gasteiger partial charge in [0.25, 0.3) is 0 Å². The van der Waals surface area contributed by atoms with Crippen molar-refractivity contribution in [1.29, 1.82) is 0 Å². The zero-order valence-electron chi connectivity index (χ0n) is 8.19. The topological polar surface area (TPSA) is 77.8 Å². The molecule has 0 bridgehead atoms. The van der Waals surface area contributed by atoms with Crippen molar-refractivity contribution in [3.05, 3.63) is 18.1 Å². The quantitative estimate of drug-likeness (QED) is 0.697. The SMILES string of the molecule is Nc1cc(C2CCCCC2N)ncn1. The molecule has 2 rings (SSSR count). The van der Waals surface area contributed by atoms with Crippen LogP contribution in [0.5, 0.6) is 0 Å². The molecule has 1 aliphatic carbocycles. The van der Waals surface area contributed by atoms with Gasteiger partial charge >= 0.3 is 0 Å². The van der Waals surface area contributed by atoms with Crippen LogP contribution in [0.4, 0.5) is 5.82 Å². The summed E-state index contributed by atoms with van der Waals surface area (Å²) in [6, 6.07) is 2.08.